The Bertz CT molecular complexity index is 3850. The molecule has 22 nitrogen and oxygen atoms in total. The number of aromatic nitrogens is 2. The van der Waals surface area contributed by atoms with Gasteiger partial charge in [-0.3, -0.25) is 9.59 Å². The number of carbonyl (C=O) groups is 5. The molecular weight excluding hydrogens is 1280 g/mol. The third-order valence-electron chi connectivity index (χ3n) is 17.9. The lowest BCUT2D eigenvalue weighted by Crippen LogP contribution is -2.53. The molecule has 3 aliphatic heterocycles. The van der Waals surface area contributed by atoms with Gasteiger partial charge in [0.2, 0.25) is 16.7 Å². The number of carboxylic acids is 1. The van der Waals surface area contributed by atoms with E-state index in [9.17, 15) is 64.9 Å². The first-order chi connectivity index (χ1) is 45.3. The summed E-state index contributed by atoms with van der Waals surface area (Å²) in [6, 6.07) is 9.61. The van der Waals surface area contributed by atoms with Gasteiger partial charge in [0, 0.05) is 76.0 Å². The van der Waals surface area contributed by atoms with Gasteiger partial charge < -0.3 is 74.1 Å². The van der Waals surface area contributed by atoms with Crippen LogP contribution in [0, 0.1) is 35.2 Å². The van der Waals surface area contributed by atoms with Crippen LogP contribution in [0.2, 0.25) is 0 Å². The Morgan fingerprint density at radius 2 is 1.21 bits per heavy atom. The van der Waals surface area contributed by atoms with Crippen molar-refractivity contribution >= 4 is 65.2 Å². The van der Waals surface area contributed by atoms with E-state index in [1.165, 1.54) is 11.7 Å². The molecule has 5 heterocycles. The average molecular weight is 1370 g/mol. The van der Waals surface area contributed by atoms with E-state index >= 15 is 4.39 Å². The van der Waals surface area contributed by atoms with Gasteiger partial charge in [0.05, 0.1) is 59.2 Å². The molecule has 10 rings (SSSR count). The predicted octanol–water partition coefficient (Wildman–Crippen LogP) is 11.2. The molecule has 2 aromatic heterocycles. The predicted molar refractivity (Wildman–Crippen MR) is 350 cm³/mol. The van der Waals surface area contributed by atoms with Gasteiger partial charge in [-0.1, -0.05) is 51.1 Å². The summed E-state index contributed by atoms with van der Waals surface area (Å²) < 4.78 is 127. The van der Waals surface area contributed by atoms with E-state index in [0.29, 0.717) is 38.2 Å². The van der Waals surface area contributed by atoms with E-state index in [4.69, 9.17) is 29.4 Å². The molecule has 30 heteroatoms. The molecule has 3 amide bonds. The minimum Gasteiger partial charge on any atom is -0.492 e. The van der Waals surface area contributed by atoms with Crippen LogP contribution in [-0.2, 0) is 25.5 Å². The minimum absolute atomic E-state index is 0.0105. The van der Waals surface area contributed by atoms with Crippen LogP contribution >= 0.6 is 0 Å². The number of aromatic carboxylic acids is 1. The highest BCUT2D eigenvalue weighted by Gasteiger charge is 2.48. The van der Waals surface area contributed by atoms with Crippen LogP contribution in [0.3, 0.4) is 0 Å². The molecule has 2 saturated carbocycles. The number of rotatable bonds is 15. The number of hydrogen-bond acceptors (Lipinski definition) is 16. The Hall–Kier alpha value is -8.28. The Labute approximate surface area is 558 Å². The fourth-order valence-corrected chi connectivity index (χ4v) is 12.7. The summed E-state index contributed by atoms with van der Waals surface area (Å²) in [7, 11) is -1.11. The normalized spacial score (nSPS) is 24.7. The maximum atomic E-state index is 15.3. The first-order valence-corrected chi connectivity index (χ1v) is 32.0. The van der Waals surface area contributed by atoms with Crippen molar-refractivity contribution in [1.82, 2.24) is 30.0 Å². The fraction of sp³-hybridized carbons (Fsp3) is 0.567. The summed E-state index contributed by atoms with van der Waals surface area (Å²) in [5.41, 5.74) is 1.83. The zero-order chi connectivity index (χ0) is 72.2. The second-order valence-electron chi connectivity index (χ2n) is 27.7. The molecule has 0 spiro atoms. The van der Waals surface area contributed by atoms with E-state index in [0.717, 1.165) is 68.1 Å². The van der Waals surface area contributed by atoms with E-state index < -0.39 is 123 Å². The van der Waals surface area contributed by atoms with Crippen LogP contribution in [0.15, 0.2) is 64.4 Å². The summed E-state index contributed by atoms with van der Waals surface area (Å²) in [6.07, 6.45) is 1.15. The van der Waals surface area contributed by atoms with Gasteiger partial charge >= 0.3 is 37.7 Å². The molecule has 0 radical (unpaired) electrons. The molecule has 5 fully saturated rings. The van der Waals surface area contributed by atoms with Gasteiger partial charge in [-0.25, -0.2) is 50.2 Å². The van der Waals surface area contributed by atoms with E-state index in [1.807, 2.05) is 92.6 Å². The van der Waals surface area contributed by atoms with Crippen molar-refractivity contribution in [2.75, 3.05) is 58.4 Å². The lowest BCUT2D eigenvalue weighted by molar-refractivity contribution is 0.0432. The lowest BCUT2D eigenvalue weighted by atomic mass is 9.87. The van der Waals surface area contributed by atoms with E-state index in [-0.39, 0.29) is 76.9 Å². The van der Waals surface area contributed by atoms with Gasteiger partial charge in [0.15, 0.2) is 23.1 Å². The Balaban J connectivity index is 0.000000186. The first kappa shape index (κ1) is 76.1. The number of pyridine rings is 2. The number of methoxy groups -OCH3 is 2. The number of benzene rings is 3. The quantitative estimate of drug-likeness (QED) is 0.0370. The summed E-state index contributed by atoms with van der Waals surface area (Å²) >= 11 is 0. The van der Waals surface area contributed by atoms with Gasteiger partial charge in [0.1, 0.15) is 47.0 Å². The number of alkyl halides is 2. The summed E-state index contributed by atoms with van der Waals surface area (Å²) in [5, 5.41) is 18.0. The number of anilines is 1. The summed E-state index contributed by atoms with van der Waals surface area (Å²) in [5.74, 6) is -6.47. The smallest absolute Gasteiger partial charge is 0.492 e. The largest absolute Gasteiger partial charge is 0.798 e. The van der Waals surface area contributed by atoms with Crippen LogP contribution in [-0.4, -0.2) is 150 Å². The zero-order valence-corrected chi connectivity index (χ0v) is 57.1. The van der Waals surface area contributed by atoms with Gasteiger partial charge in [-0.05, 0) is 111 Å². The number of carboxylic acid groups (broad SMARTS) is 1. The molecule has 97 heavy (non-hydrogen) atoms. The number of amides is 3. The summed E-state index contributed by atoms with van der Waals surface area (Å²) in [6.45, 7) is 27.1. The number of fused-ring (bicyclic) bond motifs is 2. The second-order valence-corrected chi connectivity index (χ2v) is 27.7. The maximum absolute atomic E-state index is 15.3. The number of nitrogens with one attached hydrogen (secondary N) is 3. The Kier molecular flexibility index (Phi) is 23.7. The van der Waals surface area contributed by atoms with Crippen LogP contribution < -0.4 is 46.9 Å². The van der Waals surface area contributed by atoms with Gasteiger partial charge in [0.25, 0.3) is 0 Å². The molecular formula is C67H88BF7N8O14. The summed E-state index contributed by atoms with van der Waals surface area (Å²) in [4.78, 5) is 88.2. The molecule has 6 N–H and O–H groups in total. The first-order valence-electron chi connectivity index (χ1n) is 32.0. The SMILES string of the molecule is CCC1CN(C(=O)OCc2ccccc2)CC1(C)NC(=O)OC(C)(C)C.CCC1CN(c2c(F)cc3c(=O)c(C(=O)O)cn([C@@H]4C[C@@H]4F)c3c2OC)CC1(C)N.CCC1CNCC1(C)NC(=O)OC(C)(C)C.COc1c(F)c(F)cc2c(=O)c(C(=O)OB(F)F)cn([C@@H]3C[C@@H]3F)c12. The highest BCUT2D eigenvalue weighted by atomic mass is 19.2. The fourth-order valence-electron chi connectivity index (χ4n) is 12.7. The van der Waals surface area contributed by atoms with Crippen molar-refractivity contribution in [3.05, 3.63) is 109 Å². The molecule has 2 aliphatic carbocycles. The van der Waals surface area contributed by atoms with Crippen LogP contribution in [0.4, 0.5) is 50.7 Å². The standard InChI is InChI=1S/C21H25F2N3O4.C20H30N2O4.C14H9BF5NO4.C12H24N2O2/c1-4-10-7-25(9-21(10,2)24)17-14(23)5-11-16(19(17)30-3)26(15-6-13(15)22)8-12(18(11)27)20(28)29;1-6-16-12-22(18(24)25-13-15-10-8-7-9-11-15)14-20(16,5)21-17(23)26-19(2,3)4;1-24-13-10(18)8(17)2-5-11(13)21(9-3-7(9)16)4-6(12(5)22)14(23)25-15(19)20;1-6-9-7-13-8-12(9,5)14-10(15)16-11(2,3)4/h5,8,10,13,15H,4,6-7,9,24H2,1-3H3,(H,28,29);7-11,16H,6,12-14H2,1-5H3,(H,21,23);2,4,7,9H,3H2,1H3;9,13H,6-8H2,1-5H3,(H,14,15)/t10?,13-,15+,21?;;7-,9+;/m0.0./s1. The number of alkyl carbamates (subject to hydrolysis) is 2. The van der Waals surface area contributed by atoms with E-state index in [2.05, 4.69) is 41.4 Å². The molecule has 3 saturated heterocycles. The van der Waals surface area contributed by atoms with Crippen LogP contribution in [0.25, 0.3) is 21.8 Å². The van der Waals surface area contributed by atoms with Crippen molar-refractivity contribution in [3.63, 3.8) is 0 Å². The number of likely N-dealkylation sites (tertiary alicyclic amines) is 1. The number of nitrogens with two attached hydrogens (primary N) is 1. The van der Waals surface area contributed by atoms with Crippen molar-refractivity contribution in [1.29, 1.82) is 0 Å². The minimum atomic E-state index is -3.48. The van der Waals surface area contributed by atoms with Gasteiger partial charge in [-0.15, -0.1) is 0 Å². The third-order valence-corrected chi connectivity index (χ3v) is 17.9. The molecule has 532 valence electrons. The molecule has 6 unspecified atom stereocenters. The lowest BCUT2D eigenvalue weighted by Gasteiger charge is -2.32. The zero-order valence-electron chi connectivity index (χ0n) is 57.1. The molecule has 5 aromatic rings. The number of nitrogens with zero attached hydrogens (tertiary/aromatic N) is 4. The van der Waals surface area contributed by atoms with Gasteiger partial charge in [-0.2, -0.15) is 4.39 Å². The maximum Gasteiger partial charge on any atom is 0.798 e. The van der Waals surface area contributed by atoms with Crippen LogP contribution in [0.5, 0.6) is 11.5 Å². The number of halogens is 7. The van der Waals surface area contributed by atoms with Crippen molar-refractivity contribution in [3.8, 4) is 11.5 Å². The molecule has 5 aliphatic rings. The van der Waals surface area contributed by atoms with Crippen molar-refractivity contribution in [2.45, 2.75) is 174 Å². The highest BCUT2D eigenvalue weighted by molar-refractivity contribution is 6.38. The third kappa shape index (κ3) is 17.9. The monoisotopic (exact) mass is 1370 g/mol. The average Bonchev–Trinajstić information content (AvgIpc) is 1.69. The molecule has 10 atom stereocenters. The number of ether oxygens (including phenoxy) is 5. The van der Waals surface area contributed by atoms with Crippen LogP contribution in [0.1, 0.15) is 154 Å². The highest BCUT2D eigenvalue weighted by Crippen LogP contribution is 2.47. The molecule has 0 bridgehead atoms. The van der Waals surface area contributed by atoms with Crippen molar-refractivity contribution < 1.29 is 88.0 Å². The number of carbonyl (C=O) groups excluding carboxylic acids is 4. The topological polar surface area (TPSA) is 274 Å². The van der Waals surface area contributed by atoms with Crippen molar-refractivity contribution in [2.24, 2.45) is 23.5 Å². The Morgan fingerprint density at radius 3 is 1.68 bits per heavy atom. The Morgan fingerprint density at radius 1 is 0.711 bits per heavy atom. The van der Waals surface area contributed by atoms with E-state index in [1.54, 1.807) is 9.80 Å². The second kappa shape index (κ2) is 30.2. The number of hydrogen-bond donors (Lipinski definition) is 5. The molecule has 3 aromatic carbocycles.